The molecule has 27 heavy (non-hydrogen) atoms. The van der Waals surface area contributed by atoms with Crippen molar-refractivity contribution in [1.82, 2.24) is 15.5 Å². The minimum Gasteiger partial charge on any atom is -0.486 e. The second-order valence-corrected chi connectivity index (χ2v) is 6.02. The minimum atomic E-state index is -0.527. The molecule has 0 saturated heterocycles. The van der Waals surface area contributed by atoms with E-state index in [2.05, 4.69) is 15.5 Å². The summed E-state index contributed by atoms with van der Waals surface area (Å²) in [5, 5.41) is 6.64. The first-order chi connectivity index (χ1) is 13.1. The summed E-state index contributed by atoms with van der Waals surface area (Å²) in [5.41, 5.74) is 0.923. The van der Waals surface area contributed by atoms with Gasteiger partial charge in [0.2, 0.25) is 11.7 Å². The number of hydrogen-bond acceptors (Lipinski definition) is 6. The topological polar surface area (TPSA) is 86.5 Å². The third-order valence-electron chi connectivity index (χ3n) is 4.05. The van der Waals surface area contributed by atoms with E-state index in [0.29, 0.717) is 35.8 Å². The number of nitrogens with zero attached hydrogens (tertiary/aromatic N) is 2. The van der Waals surface area contributed by atoms with Crippen molar-refractivity contribution in [1.29, 1.82) is 0 Å². The Balaban J connectivity index is 1.47. The van der Waals surface area contributed by atoms with Crippen LogP contribution in [0.1, 0.15) is 29.2 Å². The van der Waals surface area contributed by atoms with E-state index in [0.717, 1.165) is 0 Å². The van der Waals surface area contributed by atoms with E-state index >= 15 is 0 Å². The van der Waals surface area contributed by atoms with E-state index in [4.69, 9.17) is 14.0 Å². The number of aromatic nitrogens is 2. The summed E-state index contributed by atoms with van der Waals surface area (Å²) < 4.78 is 29.5. The summed E-state index contributed by atoms with van der Waals surface area (Å²) >= 11 is 0. The standard InChI is InChI=1S/C19H16FN3O4/c1-11(19-22-17(23-27-19)12-3-2-4-14(20)9-12)21-18(24)13-5-6-15-16(10-13)26-8-7-25-15/h2-6,9-11H,7-8H2,1H3,(H,21,24). The first-order valence-electron chi connectivity index (χ1n) is 8.40. The van der Waals surface area contributed by atoms with Gasteiger partial charge >= 0.3 is 0 Å². The first-order valence-corrected chi connectivity index (χ1v) is 8.40. The van der Waals surface area contributed by atoms with Crippen molar-refractivity contribution in [3.05, 3.63) is 59.7 Å². The molecule has 0 aliphatic carbocycles. The fraction of sp³-hybridized carbons (Fsp3) is 0.211. The molecule has 138 valence electrons. The van der Waals surface area contributed by atoms with Crippen LogP contribution in [0.15, 0.2) is 47.0 Å². The number of ether oxygens (including phenoxy) is 2. The van der Waals surface area contributed by atoms with E-state index in [9.17, 15) is 9.18 Å². The first kappa shape index (κ1) is 17.0. The molecule has 1 atom stereocenters. The molecule has 3 aromatic rings. The number of nitrogens with one attached hydrogen (secondary N) is 1. The lowest BCUT2D eigenvalue weighted by molar-refractivity contribution is 0.0931. The monoisotopic (exact) mass is 369 g/mol. The van der Waals surface area contributed by atoms with Gasteiger partial charge in [0.15, 0.2) is 11.5 Å². The molecule has 0 fully saturated rings. The van der Waals surface area contributed by atoms with Crippen molar-refractivity contribution >= 4 is 5.91 Å². The van der Waals surface area contributed by atoms with Gasteiger partial charge in [0.1, 0.15) is 25.1 Å². The number of carbonyl (C=O) groups excluding carboxylic acids is 1. The summed E-state index contributed by atoms with van der Waals surface area (Å²) in [4.78, 5) is 16.7. The Morgan fingerprint density at radius 2 is 1.96 bits per heavy atom. The molecule has 2 heterocycles. The van der Waals surface area contributed by atoms with Gasteiger partial charge in [0, 0.05) is 11.1 Å². The van der Waals surface area contributed by atoms with Crippen LogP contribution >= 0.6 is 0 Å². The largest absolute Gasteiger partial charge is 0.486 e. The van der Waals surface area contributed by atoms with Crippen LogP contribution in [-0.2, 0) is 0 Å². The predicted octanol–water partition coefficient (Wildman–Crippen LogP) is 3.14. The van der Waals surface area contributed by atoms with Crippen molar-refractivity contribution in [2.45, 2.75) is 13.0 Å². The molecule has 1 unspecified atom stereocenters. The predicted molar refractivity (Wildman–Crippen MR) is 93.0 cm³/mol. The zero-order chi connectivity index (χ0) is 18.8. The van der Waals surface area contributed by atoms with Gasteiger partial charge in [0.05, 0.1) is 0 Å². The highest BCUT2D eigenvalue weighted by atomic mass is 19.1. The highest BCUT2D eigenvalue weighted by Gasteiger charge is 2.20. The fourth-order valence-electron chi connectivity index (χ4n) is 2.68. The molecule has 1 amide bonds. The Kier molecular flexibility index (Phi) is 4.45. The van der Waals surface area contributed by atoms with Crippen molar-refractivity contribution in [3.8, 4) is 22.9 Å². The fourth-order valence-corrected chi connectivity index (χ4v) is 2.68. The molecule has 4 rings (SSSR count). The van der Waals surface area contributed by atoms with E-state index < -0.39 is 6.04 Å². The van der Waals surface area contributed by atoms with E-state index in [1.165, 1.54) is 12.1 Å². The maximum Gasteiger partial charge on any atom is 0.252 e. The zero-order valence-corrected chi connectivity index (χ0v) is 14.4. The van der Waals surface area contributed by atoms with Gasteiger partial charge in [-0.15, -0.1) is 0 Å². The minimum absolute atomic E-state index is 0.222. The number of rotatable bonds is 4. The zero-order valence-electron chi connectivity index (χ0n) is 14.4. The third-order valence-corrected chi connectivity index (χ3v) is 4.05. The van der Waals surface area contributed by atoms with Crippen LogP contribution < -0.4 is 14.8 Å². The van der Waals surface area contributed by atoms with Gasteiger partial charge in [0.25, 0.3) is 5.91 Å². The lowest BCUT2D eigenvalue weighted by Crippen LogP contribution is -2.27. The lowest BCUT2D eigenvalue weighted by atomic mass is 10.1. The Labute approximate surface area is 154 Å². The molecule has 0 radical (unpaired) electrons. The number of amides is 1. The average molecular weight is 369 g/mol. The van der Waals surface area contributed by atoms with Crippen molar-refractivity contribution < 1.29 is 23.2 Å². The summed E-state index contributed by atoms with van der Waals surface area (Å²) in [7, 11) is 0. The number of benzene rings is 2. The molecule has 1 aliphatic heterocycles. The van der Waals surface area contributed by atoms with Gasteiger partial charge in [-0.1, -0.05) is 17.3 Å². The Bertz CT molecular complexity index is 989. The van der Waals surface area contributed by atoms with Crippen LogP contribution in [0.2, 0.25) is 0 Å². The molecule has 2 aromatic carbocycles. The second kappa shape index (κ2) is 7.06. The number of hydrogen-bond donors (Lipinski definition) is 1. The average Bonchev–Trinajstić information content (AvgIpc) is 3.18. The molecule has 1 aliphatic rings. The summed E-state index contributed by atoms with van der Waals surface area (Å²) in [6.45, 7) is 2.65. The van der Waals surface area contributed by atoms with Crippen molar-refractivity contribution in [2.75, 3.05) is 13.2 Å². The molecule has 8 heteroatoms. The molecule has 0 bridgehead atoms. The lowest BCUT2D eigenvalue weighted by Gasteiger charge is -2.19. The van der Waals surface area contributed by atoms with E-state index in [1.54, 1.807) is 37.3 Å². The Hall–Kier alpha value is -3.42. The normalized spacial score (nSPS) is 13.9. The quantitative estimate of drug-likeness (QED) is 0.760. The summed E-state index contributed by atoms with van der Waals surface area (Å²) in [5.74, 6) is 0.920. The molecule has 1 N–H and O–H groups in total. The number of halogens is 1. The molecule has 7 nitrogen and oxygen atoms in total. The van der Waals surface area contributed by atoms with Crippen molar-refractivity contribution in [3.63, 3.8) is 0 Å². The number of fused-ring (bicyclic) bond motifs is 1. The van der Waals surface area contributed by atoms with Crippen LogP contribution in [0, 0.1) is 5.82 Å². The summed E-state index contributed by atoms with van der Waals surface area (Å²) in [6.07, 6.45) is 0. The maximum atomic E-state index is 13.3. The van der Waals surface area contributed by atoms with Crippen LogP contribution in [0.3, 0.4) is 0 Å². The van der Waals surface area contributed by atoms with Gasteiger partial charge in [-0.2, -0.15) is 4.98 Å². The highest BCUT2D eigenvalue weighted by molar-refractivity contribution is 5.95. The Morgan fingerprint density at radius 3 is 2.78 bits per heavy atom. The van der Waals surface area contributed by atoms with Crippen LogP contribution in [-0.4, -0.2) is 29.3 Å². The molecule has 1 aromatic heterocycles. The third kappa shape index (κ3) is 3.59. The van der Waals surface area contributed by atoms with Crippen LogP contribution in [0.5, 0.6) is 11.5 Å². The van der Waals surface area contributed by atoms with Crippen molar-refractivity contribution in [2.24, 2.45) is 0 Å². The van der Waals surface area contributed by atoms with Gasteiger partial charge in [-0.05, 0) is 37.3 Å². The molecule has 0 saturated carbocycles. The van der Waals surface area contributed by atoms with E-state index in [1.807, 2.05) is 0 Å². The van der Waals surface area contributed by atoms with E-state index in [-0.39, 0.29) is 23.4 Å². The highest BCUT2D eigenvalue weighted by Crippen LogP contribution is 2.31. The number of carbonyl (C=O) groups is 1. The second-order valence-electron chi connectivity index (χ2n) is 6.02. The Morgan fingerprint density at radius 1 is 1.15 bits per heavy atom. The molecular formula is C19H16FN3O4. The van der Waals surface area contributed by atoms with Crippen LogP contribution in [0.25, 0.3) is 11.4 Å². The smallest absolute Gasteiger partial charge is 0.252 e. The van der Waals surface area contributed by atoms with Gasteiger partial charge < -0.3 is 19.3 Å². The van der Waals surface area contributed by atoms with Gasteiger partial charge in [-0.3, -0.25) is 4.79 Å². The molecular weight excluding hydrogens is 353 g/mol. The molecule has 0 spiro atoms. The maximum absolute atomic E-state index is 13.3. The summed E-state index contributed by atoms with van der Waals surface area (Å²) in [6, 6.07) is 10.3. The van der Waals surface area contributed by atoms with Gasteiger partial charge in [-0.25, -0.2) is 4.39 Å². The SMILES string of the molecule is CC(NC(=O)c1ccc2c(c1)OCCO2)c1nc(-c2cccc(F)c2)no1. The van der Waals surface area contributed by atoms with Crippen LogP contribution in [0.4, 0.5) is 4.39 Å².